The van der Waals surface area contributed by atoms with Crippen molar-refractivity contribution in [2.75, 3.05) is 0 Å². The summed E-state index contributed by atoms with van der Waals surface area (Å²) < 4.78 is 1.60. The predicted molar refractivity (Wildman–Crippen MR) is 62.3 cm³/mol. The second kappa shape index (κ2) is 4.62. The van der Waals surface area contributed by atoms with Crippen LogP contribution in [0.3, 0.4) is 0 Å². The first-order valence-electron chi connectivity index (χ1n) is 5.13. The van der Waals surface area contributed by atoms with Crippen LogP contribution in [0, 0.1) is 0 Å². The van der Waals surface area contributed by atoms with Gasteiger partial charge in [-0.3, -0.25) is 0 Å². The summed E-state index contributed by atoms with van der Waals surface area (Å²) in [6.45, 7) is 4.29. The van der Waals surface area contributed by atoms with E-state index in [4.69, 9.17) is 5.11 Å². The highest BCUT2D eigenvalue weighted by Crippen LogP contribution is 2.18. The minimum absolute atomic E-state index is 0.0234. The lowest BCUT2D eigenvalue weighted by atomic mass is 10.1. The van der Waals surface area contributed by atoms with Crippen LogP contribution in [0.5, 0.6) is 0 Å². The molecule has 0 bridgehead atoms. The second-order valence-corrected chi connectivity index (χ2v) is 4.64. The molecule has 2 aromatic heterocycles. The molecule has 2 rings (SSSR count). The summed E-state index contributed by atoms with van der Waals surface area (Å²) in [6, 6.07) is 0. The van der Waals surface area contributed by atoms with E-state index < -0.39 is 5.97 Å². The number of hydrogen-bond acceptors (Lipinski definition) is 5. The lowest BCUT2D eigenvalue weighted by molar-refractivity contribution is 0.0688. The maximum absolute atomic E-state index is 11.0. The van der Waals surface area contributed by atoms with Crippen molar-refractivity contribution >= 4 is 17.3 Å². The molecule has 0 aliphatic heterocycles. The predicted octanol–water partition coefficient (Wildman–Crippen LogP) is 1.60. The number of rotatable bonds is 4. The third-order valence-electron chi connectivity index (χ3n) is 2.32. The van der Waals surface area contributed by atoms with Gasteiger partial charge >= 0.3 is 5.97 Å². The maximum atomic E-state index is 11.0. The molecule has 0 aromatic carbocycles. The van der Waals surface area contributed by atoms with E-state index in [9.17, 15) is 4.79 Å². The van der Waals surface area contributed by atoms with Gasteiger partial charge in [-0.25, -0.2) is 14.5 Å². The minimum atomic E-state index is -1.04. The van der Waals surface area contributed by atoms with Crippen molar-refractivity contribution < 1.29 is 9.90 Å². The van der Waals surface area contributed by atoms with Crippen LogP contribution in [0.1, 0.15) is 41.6 Å². The van der Waals surface area contributed by atoms with Gasteiger partial charge in [0.25, 0.3) is 0 Å². The number of aromatic carboxylic acids is 1. The Bertz CT molecular complexity index is 518. The highest BCUT2D eigenvalue weighted by atomic mass is 32.1. The van der Waals surface area contributed by atoms with E-state index in [1.807, 2.05) is 19.2 Å². The Morgan fingerprint density at radius 3 is 2.88 bits per heavy atom. The fourth-order valence-corrected chi connectivity index (χ4v) is 2.18. The topological polar surface area (TPSA) is 80.9 Å². The number of carboxylic acid groups (broad SMARTS) is 1. The number of hydrogen-bond donors (Lipinski definition) is 1. The van der Waals surface area contributed by atoms with Gasteiger partial charge in [0.05, 0.1) is 23.4 Å². The van der Waals surface area contributed by atoms with Crippen molar-refractivity contribution in [3.8, 4) is 0 Å². The van der Waals surface area contributed by atoms with Gasteiger partial charge in [-0.15, -0.1) is 16.4 Å². The number of carboxylic acids is 1. The first kappa shape index (κ1) is 11.7. The van der Waals surface area contributed by atoms with Gasteiger partial charge in [0.2, 0.25) is 0 Å². The van der Waals surface area contributed by atoms with Crippen molar-refractivity contribution in [3.63, 3.8) is 0 Å². The van der Waals surface area contributed by atoms with E-state index in [1.54, 1.807) is 10.2 Å². The Morgan fingerprint density at radius 1 is 1.59 bits per heavy atom. The molecular weight excluding hydrogens is 240 g/mol. The van der Waals surface area contributed by atoms with Crippen LogP contribution in [0.25, 0.3) is 0 Å². The summed E-state index contributed by atoms with van der Waals surface area (Å²) >= 11 is 1.50. The molecule has 2 heterocycles. The first-order valence-corrected chi connectivity index (χ1v) is 6.07. The summed E-state index contributed by atoms with van der Waals surface area (Å²) in [5.74, 6) is -0.993. The fourth-order valence-electron chi connectivity index (χ4n) is 1.63. The Hall–Kier alpha value is -1.76. The summed E-state index contributed by atoms with van der Waals surface area (Å²) in [6.07, 6.45) is 0. The largest absolute Gasteiger partial charge is 0.476 e. The standard InChI is InChI=1S/C10H12N4O2S/c1-6(2)9-8(10(15)16)12-13-14(9)3-7-4-17-5-11-7/h4-6H,3H2,1-2H3,(H,15,16). The Labute approximate surface area is 102 Å². The molecule has 0 atom stereocenters. The van der Waals surface area contributed by atoms with Crippen LogP contribution in [0.15, 0.2) is 10.9 Å². The molecule has 2 aromatic rings. The molecule has 6 nitrogen and oxygen atoms in total. The molecule has 17 heavy (non-hydrogen) atoms. The normalized spacial score (nSPS) is 11.0. The zero-order valence-corrected chi connectivity index (χ0v) is 10.3. The molecular formula is C10H12N4O2S. The van der Waals surface area contributed by atoms with Crippen LogP contribution < -0.4 is 0 Å². The average Bonchev–Trinajstić information content (AvgIpc) is 2.86. The SMILES string of the molecule is CC(C)c1c(C(=O)O)nnn1Cc1cscn1. The van der Waals surface area contributed by atoms with Crippen LogP contribution in [0.2, 0.25) is 0 Å². The Kier molecular flexibility index (Phi) is 3.19. The smallest absolute Gasteiger partial charge is 0.358 e. The van der Waals surface area contributed by atoms with Crippen molar-refractivity contribution in [2.45, 2.75) is 26.3 Å². The van der Waals surface area contributed by atoms with Gasteiger partial charge in [-0.05, 0) is 5.92 Å². The van der Waals surface area contributed by atoms with Gasteiger partial charge in [0.1, 0.15) is 0 Å². The van der Waals surface area contributed by atoms with Gasteiger partial charge in [-0.2, -0.15) is 0 Å². The number of aromatic nitrogens is 4. The molecule has 0 aliphatic rings. The fraction of sp³-hybridized carbons (Fsp3) is 0.400. The Balaban J connectivity index is 2.37. The summed E-state index contributed by atoms with van der Waals surface area (Å²) in [5.41, 5.74) is 3.25. The third kappa shape index (κ3) is 2.33. The van der Waals surface area contributed by atoms with Crippen LogP contribution in [0.4, 0.5) is 0 Å². The lowest BCUT2D eigenvalue weighted by Gasteiger charge is -2.08. The van der Waals surface area contributed by atoms with E-state index in [-0.39, 0.29) is 11.6 Å². The van der Waals surface area contributed by atoms with Gasteiger partial charge in [0, 0.05) is 5.38 Å². The highest BCUT2D eigenvalue weighted by molar-refractivity contribution is 7.07. The van der Waals surface area contributed by atoms with Crippen LogP contribution in [-0.4, -0.2) is 31.1 Å². The van der Waals surface area contributed by atoms with Crippen LogP contribution >= 0.6 is 11.3 Å². The molecule has 0 aliphatic carbocycles. The average molecular weight is 252 g/mol. The molecule has 0 saturated carbocycles. The van der Waals surface area contributed by atoms with E-state index in [2.05, 4.69) is 15.3 Å². The quantitative estimate of drug-likeness (QED) is 0.894. The van der Waals surface area contributed by atoms with E-state index in [1.165, 1.54) is 11.3 Å². The second-order valence-electron chi connectivity index (χ2n) is 3.92. The van der Waals surface area contributed by atoms with Gasteiger partial charge in [0.15, 0.2) is 5.69 Å². The number of thiazole rings is 1. The molecule has 0 radical (unpaired) electrons. The van der Waals surface area contributed by atoms with Crippen molar-refractivity contribution in [1.82, 2.24) is 20.0 Å². The summed E-state index contributed by atoms with van der Waals surface area (Å²) in [7, 11) is 0. The molecule has 0 saturated heterocycles. The molecule has 0 spiro atoms. The minimum Gasteiger partial charge on any atom is -0.476 e. The summed E-state index contributed by atoms with van der Waals surface area (Å²) in [4.78, 5) is 15.2. The van der Waals surface area contributed by atoms with Crippen molar-refractivity contribution in [2.24, 2.45) is 0 Å². The zero-order chi connectivity index (χ0) is 12.4. The molecule has 0 unspecified atom stereocenters. The maximum Gasteiger partial charge on any atom is 0.358 e. The van der Waals surface area contributed by atoms with Gasteiger partial charge in [-0.1, -0.05) is 19.1 Å². The molecule has 90 valence electrons. The van der Waals surface area contributed by atoms with Crippen molar-refractivity contribution in [3.05, 3.63) is 28.0 Å². The van der Waals surface area contributed by atoms with Gasteiger partial charge < -0.3 is 5.11 Å². The monoisotopic (exact) mass is 252 g/mol. The summed E-state index contributed by atoms with van der Waals surface area (Å²) in [5, 5.41) is 18.5. The van der Waals surface area contributed by atoms with Crippen LogP contribution in [-0.2, 0) is 6.54 Å². The van der Waals surface area contributed by atoms with E-state index in [0.29, 0.717) is 12.2 Å². The number of nitrogens with zero attached hydrogens (tertiary/aromatic N) is 4. The molecule has 7 heteroatoms. The first-order chi connectivity index (χ1) is 8.09. The molecule has 0 amide bonds. The molecule has 0 fully saturated rings. The van der Waals surface area contributed by atoms with E-state index in [0.717, 1.165) is 5.69 Å². The van der Waals surface area contributed by atoms with E-state index >= 15 is 0 Å². The number of carbonyl (C=O) groups is 1. The van der Waals surface area contributed by atoms with Crippen molar-refractivity contribution in [1.29, 1.82) is 0 Å². The zero-order valence-electron chi connectivity index (χ0n) is 9.49. The lowest BCUT2D eigenvalue weighted by Crippen LogP contribution is -2.11. The molecule has 1 N–H and O–H groups in total. The third-order valence-corrected chi connectivity index (χ3v) is 2.95. The highest BCUT2D eigenvalue weighted by Gasteiger charge is 2.21. The Morgan fingerprint density at radius 2 is 2.35 bits per heavy atom.